The average molecular weight is 322 g/mol. The third-order valence-electron chi connectivity index (χ3n) is 3.01. The molecular formula is C12H20O6P2. The Morgan fingerprint density at radius 2 is 1.35 bits per heavy atom. The van der Waals surface area contributed by atoms with Crippen LogP contribution in [0.5, 0.6) is 0 Å². The molecule has 0 fully saturated rings. The fourth-order valence-electron chi connectivity index (χ4n) is 1.79. The van der Waals surface area contributed by atoms with Gasteiger partial charge >= 0.3 is 15.2 Å². The predicted octanol–water partition coefficient (Wildman–Crippen LogP) is 2.21. The molecule has 1 rings (SSSR count). The Kier molecular flexibility index (Phi) is 5.03. The van der Waals surface area contributed by atoms with Gasteiger partial charge in [0.05, 0.1) is 0 Å². The zero-order valence-corrected chi connectivity index (χ0v) is 13.4. The molecule has 0 saturated carbocycles. The largest absolute Gasteiger partial charge is 0.341 e. The van der Waals surface area contributed by atoms with E-state index in [-0.39, 0.29) is 11.8 Å². The molecule has 0 unspecified atom stereocenters. The first kappa shape index (κ1) is 17.6. The highest BCUT2D eigenvalue weighted by atomic mass is 31.2. The number of hydrogen-bond donors (Lipinski definition) is 4. The van der Waals surface area contributed by atoms with Gasteiger partial charge in [0, 0.05) is 0 Å². The molecule has 0 radical (unpaired) electrons. The molecule has 0 spiro atoms. The third-order valence-corrected chi connectivity index (χ3v) is 6.74. The monoisotopic (exact) mass is 322 g/mol. The minimum absolute atomic E-state index is 0.0650. The molecule has 0 aliphatic rings. The van der Waals surface area contributed by atoms with Crippen molar-refractivity contribution in [3.8, 4) is 0 Å². The maximum atomic E-state index is 11.2. The third kappa shape index (κ3) is 4.81. The van der Waals surface area contributed by atoms with Crippen LogP contribution >= 0.6 is 15.2 Å². The van der Waals surface area contributed by atoms with Gasteiger partial charge in [-0.05, 0) is 23.0 Å². The summed E-state index contributed by atoms with van der Waals surface area (Å²) in [5.41, 5.74) is 1.45. The molecule has 4 N–H and O–H groups in total. The van der Waals surface area contributed by atoms with Gasteiger partial charge in [0.2, 0.25) is 0 Å². The standard InChI is InChI=1S/C12H20O6P2/c1-12(2,3)10-6-4-9(5-7-10)8-11(19(13,14)15)20(16,17)18/h4-7,11H,8H2,1-3H3,(H2,13,14,15)(H2,16,17,18). The summed E-state index contributed by atoms with van der Waals surface area (Å²) in [4.78, 5) is 36.3. The van der Waals surface area contributed by atoms with E-state index in [1.165, 1.54) is 0 Å². The van der Waals surface area contributed by atoms with E-state index in [0.717, 1.165) is 5.56 Å². The van der Waals surface area contributed by atoms with Crippen LogP contribution in [0.3, 0.4) is 0 Å². The minimum Gasteiger partial charge on any atom is -0.324 e. The van der Waals surface area contributed by atoms with Crippen molar-refractivity contribution in [3.63, 3.8) is 0 Å². The Labute approximate surface area is 118 Å². The van der Waals surface area contributed by atoms with E-state index in [2.05, 4.69) is 0 Å². The lowest BCUT2D eigenvalue weighted by Crippen LogP contribution is -2.14. The SMILES string of the molecule is CC(C)(C)c1ccc(CC(P(=O)(O)O)P(=O)(O)O)cc1. The second kappa shape index (κ2) is 5.72. The van der Waals surface area contributed by atoms with Crippen molar-refractivity contribution in [1.29, 1.82) is 0 Å². The van der Waals surface area contributed by atoms with Crippen molar-refractivity contribution >= 4 is 15.2 Å². The van der Waals surface area contributed by atoms with E-state index in [1.54, 1.807) is 24.3 Å². The number of rotatable bonds is 4. The predicted molar refractivity (Wildman–Crippen MR) is 76.7 cm³/mol. The summed E-state index contributed by atoms with van der Waals surface area (Å²) >= 11 is 0. The van der Waals surface area contributed by atoms with Crippen LogP contribution in [0.1, 0.15) is 31.9 Å². The van der Waals surface area contributed by atoms with Crippen molar-refractivity contribution in [2.75, 3.05) is 0 Å². The molecule has 1 aromatic rings. The van der Waals surface area contributed by atoms with E-state index in [9.17, 15) is 9.13 Å². The average Bonchev–Trinajstić information content (AvgIpc) is 2.22. The smallest absolute Gasteiger partial charge is 0.324 e. The van der Waals surface area contributed by atoms with Crippen LogP contribution in [0, 0.1) is 0 Å². The summed E-state index contributed by atoms with van der Waals surface area (Å²) in [5, 5.41) is -1.99. The molecular weight excluding hydrogens is 302 g/mol. The van der Waals surface area contributed by atoms with Crippen LogP contribution < -0.4 is 0 Å². The maximum Gasteiger partial charge on any atom is 0.341 e. The first-order valence-electron chi connectivity index (χ1n) is 6.01. The highest BCUT2D eigenvalue weighted by molar-refractivity contribution is 7.70. The lowest BCUT2D eigenvalue weighted by molar-refractivity contribution is 0.338. The highest BCUT2D eigenvalue weighted by Crippen LogP contribution is 2.60. The van der Waals surface area contributed by atoms with E-state index < -0.39 is 20.6 Å². The molecule has 0 amide bonds. The van der Waals surface area contributed by atoms with Crippen molar-refractivity contribution in [3.05, 3.63) is 35.4 Å². The molecule has 20 heavy (non-hydrogen) atoms. The van der Waals surface area contributed by atoms with Crippen molar-refractivity contribution in [1.82, 2.24) is 0 Å². The van der Waals surface area contributed by atoms with Gasteiger partial charge in [-0.1, -0.05) is 45.0 Å². The van der Waals surface area contributed by atoms with Gasteiger partial charge in [-0.15, -0.1) is 0 Å². The van der Waals surface area contributed by atoms with Crippen LogP contribution in [0.25, 0.3) is 0 Å². The lowest BCUT2D eigenvalue weighted by Gasteiger charge is -2.21. The molecule has 0 bridgehead atoms. The summed E-state index contributed by atoms with van der Waals surface area (Å²) in [7, 11) is -9.74. The van der Waals surface area contributed by atoms with E-state index >= 15 is 0 Å². The fraction of sp³-hybridized carbons (Fsp3) is 0.500. The molecule has 0 atom stereocenters. The number of benzene rings is 1. The van der Waals surface area contributed by atoms with Gasteiger partial charge in [-0.3, -0.25) is 9.13 Å². The molecule has 0 saturated heterocycles. The van der Waals surface area contributed by atoms with Crippen LogP contribution in [-0.2, 0) is 21.0 Å². The maximum absolute atomic E-state index is 11.2. The van der Waals surface area contributed by atoms with Crippen LogP contribution in [0.4, 0.5) is 0 Å². The van der Waals surface area contributed by atoms with E-state index in [0.29, 0.717) is 5.56 Å². The first-order chi connectivity index (χ1) is 8.82. The summed E-state index contributed by atoms with van der Waals surface area (Å²) in [5.74, 6) is 0. The lowest BCUT2D eigenvalue weighted by atomic mass is 9.86. The second-order valence-electron chi connectivity index (χ2n) is 5.81. The Morgan fingerprint density at radius 1 is 0.950 bits per heavy atom. The molecule has 114 valence electrons. The van der Waals surface area contributed by atoms with Gasteiger partial charge in [0.15, 0.2) is 5.40 Å². The van der Waals surface area contributed by atoms with E-state index in [1.807, 2.05) is 20.8 Å². The quantitative estimate of drug-likeness (QED) is 0.632. The van der Waals surface area contributed by atoms with Gasteiger partial charge in [0.1, 0.15) is 0 Å². The Morgan fingerprint density at radius 3 is 1.65 bits per heavy atom. The molecule has 1 aromatic carbocycles. The summed E-state index contributed by atoms with van der Waals surface area (Å²) in [6.45, 7) is 6.07. The summed E-state index contributed by atoms with van der Waals surface area (Å²) < 4.78 is 22.4. The second-order valence-corrected chi connectivity index (χ2v) is 9.82. The Balaban J connectivity index is 3.03. The highest BCUT2D eigenvalue weighted by Gasteiger charge is 2.43. The molecule has 0 aliphatic heterocycles. The first-order valence-corrected chi connectivity index (χ1v) is 9.38. The van der Waals surface area contributed by atoms with E-state index in [4.69, 9.17) is 19.6 Å². The molecule has 0 aromatic heterocycles. The van der Waals surface area contributed by atoms with Crippen LogP contribution in [-0.4, -0.2) is 25.0 Å². The van der Waals surface area contributed by atoms with Crippen molar-refractivity contribution in [2.45, 2.75) is 38.0 Å². The molecule has 6 nitrogen and oxygen atoms in total. The Hall–Kier alpha value is -0.480. The molecule has 0 aliphatic carbocycles. The zero-order valence-electron chi connectivity index (χ0n) is 11.6. The number of hydrogen-bond acceptors (Lipinski definition) is 2. The van der Waals surface area contributed by atoms with Crippen molar-refractivity contribution < 1.29 is 28.7 Å². The van der Waals surface area contributed by atoms with Crippen molar-refractivity contribution in [2.24, 2.45) is 0 Å². The van der Waals surface area contributed by atoms with Gasteiger partial charge in [0.25, 0.3) is 0 Å². The summed E-state index contributed by atoms with van der Waals surface area (Å²) in [6, 6.07) is 6.87. The Bertz CT molecular complexity index is 526. The van der Waals surface area contributed by atoms with Crippen LogP contribution in [0.2, 0.25) is 0 Å². The fourth-order valence-corrected chi connectivity index (χ4v) is 4.25. The van der Waals surface area contributed by atoms with Gasteiger partial charge in [-0.25, -0.2) is 0 Å². The van der Waals surface area contributed by atoms with Gasteiger partial charge < -0.3 is 19.6 Å². The summed E-state index contributed by atoms with van der Waals surface area (Å²) in [6.07, 6.45) is -0.362. The van der Waals surface area contributed by atoms with Gasteiger partial charge in [-0.2, -0.15) is 0 Å². The molecule has 8 heteroatoms. The topological polar surface area (TPSA) is 115 Å². The van der Waals surface area contributed by atoms with Crippen LogP contribution in [0.15, 0.2) is 24.3 Å². The molecule has 0 heterocycles. The zero-order chi connectivity index (χ0) is 15.8. The minimum atomic E-state index is -4.87. The normalized spacial score (nSPS) is 13.8.